The van der Waals surface area contributed by atoms with Crippen molar-refractivity contribution in [2.24, 2.45) is 0 Å². The Hall–Kier alpha value is -2.68. The average Bonchev–Trinajstić information content (AvgIpc) is 2.98. The molecule has 3 heteroatoms. The third-order valence-electron chi connectivity index (χ3n) is 4.11. The number of nitrogens with one attached hydrogen (secondary N) is 1. The van der Waals surface area contributed by atoms with E-state index in [9.17, 15) is 9.59 Å². The van der Waals surface area contributed by atoms with Gasteiger partial charge in [0.2, 0.25) is 5.78 Å². The SMILES string of the molecule is Cc1ccc2c(c1)C(=O)/C(=C1\Nc3ccccc3C1=O)C2. The van der Waals surface area contributed by atoms with E-state index in [1.165, 1.54) is 0 Å². The molecule has 0 saturated carbocycles. The van der Waals surface area contributed by atoms with Gasteiger partial charge in [-0.1, -0.05) is 29.8 Å². The van der Waals surface area contributed by atoms with Crippen LogP contribution >= 0.6 is 0 Å². The van der Waals surface area contributed by atoms with Gasteiger partial charge in [-0.3, -0.25) is 9.59 Å². The minimum absolute atomic E-state index is 0.0302. The monoisotopic (exact) mass is 275 g/mol. The molecule has 0 atom stereocenters. The van der Waals surface area contributed by atoms with E-state index in [2.05, 4.69) is 5.32 Å². The number of fused-ring (bicyclic) bond motifs is 2. The molecule has 3 nitrogen and oxygen atoms in total. The second kappa shape index (κ2) is 4.16. The van der Waals surface area contributed by atoms with Crippen LogP contribution in [0.15, 0.2) is 53.7 Å². The van der Waals surface area contributed by atoms with Crippen LogP contribution in [0.1, 0.15) is 31.8 Å². The third kappa shape index (κ3) is 1.67. The molecule has 1 heterocycles. The predicted octanol–water partition coefficient (Wildman–Crippen LogP) is 3.30. The van der Waals surface area contributed by atoms with Gasteiger partial charge in [0.1, 0.15) is 0 Å². The number of aryl methyl sites for hydroxylation is 1. The summed E-state index contributed by atoms with van der Waals surface area (Å²) in [5.41, 5.74) is 5.22. The molecular formula is C18H13NO2. The summed E-state index contributed by atoms with van der Waals surface area (Å²) in [7, 11) is 0. The normalized spacial score (nSPS) is 19.5. The largest absolute Gasteiger partial charge is 0.351 e. The molecule has 0 aromatic heterocycles. The number of hydrogen-bond donors (Lipinski definition) is 1. The van der Waals surface area contributed by atoms with Crippen LogP contribution in [0.4, 0.5) is 5.69 Å². The van der Waals surface area contributed by atoms with Crippen LogP contribution in [0, 0.1) is 6.92 Å². The Bertz CT molecular complexity index is 846. The van der Waals surface area contributed by atoms with Crippen molar-refractivity contribution in [2.75, 3.05) is 5.32 Å². The zero-order valence-corrected chi connectivity index (χ0v) is 11.6. The van der Waals surface area contributed by atoms with Crippen LogP contribution in [-0.2, 0) is 6.42 Å². The molecule has 0 fully saturated rings. The molecule has 2 aliphatic rings. The van der Waals surface area contributed by atoms with Crippen molar-refractivity contribution in [3.05, 3.63) is 76.0 Å². The fraction of sp³-hybridized carbons (Fsp3) is 0.111. The Labute approximate surface area is 122 Å². The molecule has 0 bridgehead atoms. The second-order valence-corrected chi connectivity index (χ2v) is 5.52. The lowest BCUT2D eigenvalue weighted by molar-refractivity contribution is 0.101. The maximum absolute atomic E-state index is 12.6. The van der Waals surface area contributed by atoms with Crippen LogP contribution in [0.5, 0.6) is 0 Å². The zero-order chi connectivity index (χ0) is 14.6. The number of carbonyl (C=O) groups is 2. The van der Waals surface area contributed by atoms with E-state index < -0.39 is 0 Å². The van der Waals surface area contributed by atoms with E-state index in [1.54, 1.807) is 6.07 Å². The van der Waals surface area contributed by atoms with Crippen molar-refractivity contribution in [1.29, 1.82) is 0 Å². The molecule has 0 amide bonds. The van der Waals surface area contributed by atoms with Crippen LogP contribution in [-0.4, -0.2) is 11.6 Å². The molecule has 2 aromatic carbocycles. The van der Waals surface area contributed by atoms with Crippen molar-refractivity contribution in [3.63, 3.8) is 0 Å². The summed E-state index contributed by atoms with van der Waals surface area (Å²) in [4.78, 5) is 25.1. The summed E-state index contributed by atoms with van der Waals surface area (Å²) in [5.74, 6) is -0.115. The second-order valence-electron chi connectivity index (χ2n) is 5.52. The van der Waals surface area contributed by atoms with Crippen molar-refractivity contribution in [1.82, 2.24) is 0 Å². The van der Waals surface area contributed by atoms with Crippen molar-refractivity contribution >= 4 is 17.3 Å². The fourth-order valence-electron chi connectivity index (χ4n) is 3.02. The Balaban J connectivity index is 1.83. The lowest BCUT2D eigenvalue weighted by atomic mass is 10.0. The number of allylic oxidation sites excluding steroid dienone is 2. The van der Waals surface area contributed by atoms with Crippen LogP contribution in [0.2, 0.25) is 0 Å². The molecule has 0 radical (unpaired) electrons. The lowest BCUT2D eigenvalue weighted by Crippen LogP contribution is -2.09. The zero-order valence-electron chi connectivity index (χ0n) is 11.6. The van der Waals surface area contributed by atoms with Gasteiger partial charge in [-0.25, -0.2) is 0 Å². The summed E-state index contributed by atoms with van der Waals surface area (Å²) in [6.07, 6.45) is 0.524. The molecule has 0 saturated heterocycles. The molecule has 1 N–H and O–H groups in total. The summed E-state index contributed by atoms with van der Waals surface area (Å²) in [5, 5.41) is 3.12. The average molecular weight is 275 g/mol. The Kier molecular flexibility index (Phi) is 2.39. The standard InChI is InChI=1S/C18H13NO2/c1-10-6-7-11-9-14(17(20)13(11)8-10)16-18(21)12-4-2-3-5-15(12)19-16/h2-8,19H,9H2,1H3/b16-14-. The van der Waals surface area contributed by atoms with Gasteiger partial charge in [-0.15, -0.1) is 0 Å². The number of para-hydroxylation sites is 1. The quantitative estimate of drug-likeness (QED) is 0.750. The van der Waals surface area contributed by atoms with E-state index in [1.807, 2.05) is 43.3 Å². The van der Waals surface area contributed by atoms with E-state index in [-0.39, 0.29) is 11.6 Å². The van der Waals surface area contributed by atoms with Crippen LogP contribution in [0.25, 0.3) is 0 Å². The van der Waals surface area contributed by atoms with Gasteiger partial charge < -0.3 is 5.32 Å². The molecule has 2 aromatic rings. The molecule has 4 rings (SSSR count). The molecule has 1 aliphatic heterocycles. The number of hydrogen-bond acceptors (Lipinski definition) is 3. The Morgan fingerprint density at radius 3 is 2.57 bits per heavy atom. The number of rotatable bonds is 0. The summed E-state index contributed by atoms with van der Waals surface area (Å²) >= 11 is 0. The van der Waals surface area contributed by atoms with Gasteiger partial charge in [-0.05, 0) is 30.7 Å². The van der Waals surface area contributed by atoms with Crippen LogP contribution < -0.4 is 5.32 Å². The first-order valence-corrected chi connectivity index (χ1v) is 6.93. The van der Waals surface area contributed by atoms with E-state index >= 15 is 0 Å². The minimum Gasteiger partial charge on any atom is -0.351 e. The highest BCUT2D eigenvalue weighted by Gasteiger charge is 2.34. The maximum atomic E-state index is 12.6. The minimum atomic E-state index is -0.0847. The van der Waals surface area contributed by atoms with Gasteiger partial charge in [-0.2, -0.15) is 0 Å². The topological polar surface area (TPSA) is 46.2 Å². The first-order chi connectivity index (χ1) is 10.1. The lowest BCUT2D eigenvalue weighted by Gasteiger charge is -2.02. The number of anilines is 1. The number of ketones is 2. The predicted molar refractivity (Wildman–Crippen MR) is 80.6 cm³/mol. The van der Waals surface area contributed by atoms with E-state index in [0.29, 0.717) is 23.3 Å². The number of Topliss-reactive ketones (excluding diaryl/α,β-unsaturated/α-hetero) is 2. The molecule has 1 aliphatic carbocycles. The third-order valence-corrected chi connectivity index (χ3v) is 4.11. The fourth-order valence-corrected chi connectivity index (χ4v) is 3.02. The van der Waals surface area contributed by atoms with Gasteiger partial charge >= 0.3 is 0 Å². The number of carbonyl (C=O) groups excluding carboxylic acids is 2. The number of benzene rings is 2. The van der Waals surface area contributed by atoms with Crippen molar-refractivity contribution < 1.29 is 9.59 Å². The Morgan fingerprint density at radius 2 is 1.76 bits per heavy atom. The molecule has 21 heavy (non-hydrogen) atoms. The van der Waals surface area contributed by atoms with Gasteiger partial charge in [0.05, 0.1) is 5.70 Å². The van der Waals surface area contributed by atoms with E-state index in [0.717, 1.165) is 22.4 Å². The van der Waals surface area contributed by atoms with Crippen molar-refractivity contribution in [2.45, 2.75) is 13.3 Å². The van der Waals surface area contributed by atoms with Crippen molar-refractivity contribution in [3.8, 4) is 0 Å². The first kappa shape index (κ1) is 12.1. The van der Waals surface area contributed by atoms with Gasteiger partial charge in [0.15, 0.2) is 5.78 Å². The smallest absolute Gasteiger partial charge is 0.211 e. The molecular weight excluding hydrogens is 262 g/mol. The molecule has 0 unspecified atom stereocenters. The first-order valence-electron chi connectivity index (χ1n) is 6.93. The highest BCUT2D eigenvalue weighted by atomic mass is 16.1. The van der Waals surface area contributed by atoms with Gasteiger partial charge in [0, 0.05) is 28.8 Å². The van der Waals surface area contributed by atoms with Crippen LogP contribution in [0.3, 0.4) is 0 Å². The highest BCUT2D eigenvalue weighted by Crippen LogP contribution is 2.35. The maximum Gasteiger partial charge on any atom is 0.211 e. The summed E-state index contributed by atoms with van der Waals surface area (Å²) in [6, 6.07) is 13.2. The Morgan fingerprint density at radius 1 is 0.952 bits per heavy atom. The molecule has 0 spiro atoms. The summed E-state index contributed by atoms with van der Waals surface area (Å²) < 4.78 is 0. The van der Waals surface area contributed by atoms with Gasteiger partial charge in [0.25, 0.3) is 0 Å². The summed E-state index contributed by atoms with van der Waals surface area (Å²) in [6.45, 7) is 1.97. The highest BCUT2D eigenvalue weighted by molar-refractivity contribution is 6.25. The molecule has 102 valence electrons. The van der Waals surface area contributed by atoms with E-state index in [4.69, 9.17) is 0 Å².